The monoisotopic (exact) mass is 470 g/mol. The Bertz CT molecular complexity index is 1290. The van der Waals surface area contributed by atoms with E-state index in [0.717, 1.165) is 61.4 Å². The standard InChI is InChI=1S/C27H30N6O2/c1-35-25-8-6-22(17-24(25)30-19-21-4-2-11-28-18-21)27(34)32-13-3-5-20(10-14-32)16-23-7-9-26-29-12-15-33(26)31-23/h2,4,6-9,11-12,15,17-18,20,30H,3,5,10,13-14,16,19H2,1H3/t20-/m0/s1. The molecule has 35 heavy (non-hydrogen) atoms. The van der Waals surface area contributed by atoms with Crippen LogP contribution >= 0.6 is 0 Å². The average molecular weight is 471 g/mol. The Morgan fingerprint density at radius 3 is 2.94 bits per heavy atom. The molecule has 0 radical (unpaired) electrons. The van der Waals surface area contributed by atoms with E-state index < -0.39 is 0 Å². The van der Waals surface area contributed by atoms with Gasteiger partial charge in [0.2, 0.25) is 0 Å². The Labute approximate surface area is 205 Å². The van der Waals surface area contributed by atoms with Crippen LogP contribution in [-0.2, 0) is 13.0 Å². The van der Waals surface area contributed by atoms with E-state index in [1.165, 1.54) is 0 Å². The van der Waals surface area contributed by atoms with Crippen LogP contribution in [0.3, 0.4) is 0 Å². The topological polar surface area (TPSA) is 84.7 Å². The van der Waals surface area contributed by atoms with Crippen molar-refractivity contribution in [3.63, 3.8) is 0 Å². The quantitative estimate of drug-likeness (QED) is 0.435. The van der Waals surface area contributed by atoms with Crippen LogP contribution in [0.4, 0.5) is 5.69 Å². The normalized spacial score (nSPS) is 16.1. The number of carbonyl (C=O) groups excluding carboxylic acids is 1. The van der Waals surface area contributed by atoms with Gasteiger partial charge in [-0.25, -0.2) is 9.50 Å². The van der Waals surface area contributed by atoms with E-state index in [1.54, 1.807) is 19.5 Å². The first-order valence-electron chi connectivity index (χ1n) is 12.1. The van der Waals surface area contributed by atoms with Crippen molar-refractivity contribution in [1.82, 2.24) is 24.5 Å². The second-order valence-electron chi connectivity index (χ2n) is 8.98. The van der Waals surface area contributed by atoms with Gasteiger partial charge in [-0.05, 0) is 73.6 Å². The smallest absolute Gasteiger partial charge is 0.253 e. The van der Waals surface area contributed by atoms with E-state index in [1.807, 2.05) is 58.2 Å². The Balaban J connectivity index is 1.23. The first-order chi connectivity index (χ1) is 17.2. The molecule has 0 saturated carbocycles. The highest BCUT2D eigenvalue weighted by atomic mass is 16.5. The average Bonchev–Trinajstić information content (AvgIpc) is 3.25. The minimum absolute atomic E-state index is 0.0655. The van der Waals surface area contributed by atoms with Crippen molar-refractivity contribution >= 4 is 17.2 Å². The third kappa shape index (κ3) is 5.42. The molecule has 0 unspecified atom stereocenters. The van der Waals surface area contributed by atoms with E-state index >= 15 is 0 Å². The van der Waals surface area contributed by atoms with Gasteiger partial charge in [-0.2, -0.15) is 5.10 Å². The maximum Gasteiger partial charge on any atom is 0.253 e. The second-order valence-corrected chi connectivity index (χ2v) is 8.98. The van der Waals surface area contributed by atoms with Gasteiger partial charge < -0.3 is 15.0 Å². The Morgan fingerprint density at radius 2 is 2.09 bits per heavy atom. The first kappa shape index (κ1) is 22.8. The molecule has 4 aromatic rings. The summed E-state index contributed by atoms with van der Waals surface area (Å²) in [5.74, 6) is 1.29. The van der Waals surface area contributed by atoms with Crippen molar-refractivity contribution in [2.45, 2.75) is 32.2 Å². The number of fused-ring (bicyclic) bond motifs is 1. The lowest BCUT2D eigenvalue weighted by molar-refractivity contribution is 0.0760. The maximum atomic E-state index is 13.4. The van der Waals surface area contributed by atoms with Crippen molar-refractivity contribution in [1.29, 1.82) is 0 Å². The lowest BCUT2D eigenvalue weighted by atomic mass is 9.95. The number of hydrogen-bond acceptors (Lipinski definition) is 6. The molecule has 8 nitrogen and oxygen atoms in total. The number of nitrogens with zero attached hydrogens (tertiary/aromatic N) is 5. The number of benzene rings is 1. The fraction of sp³-hybridized carbons (Fsp3) is 0.333. The van der Waals surface area contributed by atoms with Gasteiger partial charge in [0.15, 0.2) is 5.65 Å². The van der Waals surface area contributed by atoms with Gasteiger partial charge in [-0.1, -0.05) is 6.07 Å². The number of rotatable bonds is 7. The zero-order valence-electron chi connectivity index (χ0n) is 19.9. The molecule has 1 saturated heterocycles. The zero-order chi connectivity index (χ0) is 24.0. The molecule has 5 rings (SSSR count). The molecular weight excluding hydrogens is 440 g/mol. The minimum atomic E-state index is 0.0655. The highest BCUT2D eigenvalue weighted by Gasteiger charge is 2.23. The van der Waals surface area contributed by atoms with Gasteiger partial charge in [-0.15, -0.1) is 0 Å². The molecule has 1 N–H and O–H groups in total. The molecule has 1 aliphatic heterocycles. The number of hydrogen-bond donors (Lipinski definition) is 1. The summed E-state index contributed by atoms with van der Waals surface area (Å²) in [6.07, 6.45) is 11.2. The molecule has 8 heteroatoms. The Hall–Kier alpha value is -3.94. The molecule has 0 bridgehead atoms. The van der Waals surface area contributed by atoms with Gasteiger partial charge in [0.25, 0.3) is 5.91 Å². The van der Waals surface area contributed by atoms with E-state index in [4.69, 9.17) is 4.74 Å². The third-order valence-corrected chi connectivity index (χ3v) is 6.60. The maximum absolute atomic E-state index is 13.4. The summed E-state index contributed by atoms with van der Waals surface area (Å²) in [4.78, 5) is 23.8. The lowest BCUT2D eigenvalue weighted by Crippen LogP contribution is -2.32. The Morgan fingerprint density at radius 1 is 1.14 bits per heavy atom. The fourth-order valence-corrected chi connectivity index (χ4v) is 4.69. The summed E-state index contributed by atoms with van der Waals surface area (Å²) < 4.78 is 7.34. The van der Waals surface area contributed by atoms with Crippen molar-refractivity contribution in [2.24, 2.45) is 5.92 Å². The number of carbonyl (C=O) groups is 1. The zero-order valence-corrected chi connectivity index (χ0v) is 19.9. The van der Waals surface area contributed by atoms with Crippen LogP contribution in [-0.4, -0.2) is 50.6 Å². The number of pyridine rings is 1. The molecule has 0 aliphatic carbocycles. The number of amides is 1. The predicted molar refractivity (Wildman–Crippen MR) is 134 cm³/mol. The van der Waals surface area contributed by atoms with Gasteiger partial charge in [0, 0.05) is 50.0 Å². The van der Waals surface area contributed by atoms with Crippen LogP contribution < -0.4 is 10.1 Å². The first-order valence-corrected chi connectivity index (χ1v) is 12.1. The number of likely N-dealkylation sites (tertiary alicyclic amines) is 1. The molecule has 4 heterocycles. The highest BCUT2D eigenvalue weighted by molar-refractivity contribution is 5.95. The summed E-state index contributed by atoms with van der Waals surface area (Å²) in [7, 11) is 1.64. The van der Waals surface area contributed by atoms with E-state index in [9.17, 15) is 4.79 Å². The highest BCUT2D eigenvalue weighted by Crippen LogP contribution is 2.28. The number of imidazole rings is 1. The van der Waals surface area contributed by atoms with Crippen molar-refractivity contribution in [2.75, 3.05) is 25.5 Å². The van der Waals surface area contributed by atoms with Gasteiger partial charge in [0.1, 0.15) is 5.75 Å². The number of nitrogens with one attached hydrogen (secondary N) is 1. The number of anilines is 1. The van der Waals surface area contributed by atoms with Gasteiger partial charge in [0.05, 0.1) is 18.5 Å². The van der Waals surface area contributed by atoms with Crippen LogP contribution in [0.1, 0.15) is 40.9 Å². The number of methoxy groups -OCH3 is 1. The molecule has 1 amide bonds. The molecule has 3 aromatic heterocycles. The largest absolute Gasteiger partial charge is 0.495 e. The lowest BCUT2D eigenvalue weighted by Gasteiger charge is -2.22. The van der Waals surface area contributed by atoms with Crippen LogP contribution in [0.15, 0.2) is 67.3 Å². The minimum Gasteiger partial charge on any atom is -0.495 e. The van der Waals surface area contributed by atoms with E-state index in [-0.39, 0.29) is 5.91 Å². The summed E-state index contributed by atoms with van der Waals surface area (Å²) in [5.41, 5.74) is 4.47. The molecular formula is C27H30N6O2. The summed E-state index contributed by atoms with van der Waals surface area (Å²) in [5, 5.41) is 8.06. The predicted octanol–water partition coefficient (Wildman–Crippen LogP) is 4.23. The van der Waals surface area contributed by atoms with Crippen LogP contribution in [0, 0.1) is 5.92 Å². The van der Waals surface area contributed by atoms with Crippen molar-refractivity contribution < 1.29 is 9.53 Å². The SMILES string of the molecule is COc1ccc(C(=O)N2CCC[C@H](Cc3ccc4nccn4n3)CC2)cc1NCc1cccnc1. The molecule has 1 aliphatic rings. The van der Waals surface area contributed by atoms with Crippen LogP contribution in [0.5, 0.6) is 5.75 Å². The molecule has 0 spiro atoms. The van der Waals surface area contributed by atoms with E-state index in [2.05, 4.69) is 26.4 Å². The van der Waals surface area contributed by atoms with Crippen LogP contribution in [0.25, 0.3) is 5.65 Å². The van der Waals surface area contributed by atoms with Gasteiger partial charge >= 0.3 is 0 Å². The number of aromatic nitrogens is 4. The van der Waals surface area contributed by atoms with Crippen molar-refractivity contribution in [3.05, 3.63) is 84.1 Å². The second kappa shape index (κ2) is 10.5. The molecule has 1 aromatic carbocycles. The molecule has 180 valence electrons. The third-order valence-electron chi connectivity index (χ3n) is 6.60. The summed E-state index contributed by atoms with van der Waals surface area (Å²) >= 11 is 0. The van der Waals surface area contributed by atoms with Gasteiger partial charge in [-0.3, -0.25) is 9.78 Å². The van der Waals surface area contributed by atoms with Crippen molar-refractivity contribution in [3.8, 4) is 5.75 Å². The van der Waals surface area contributed by atoms with Crippen LogP contribution in [0.2, 0.25) is 0 Å². The summed E-state index contributed by atoms with van der Waals surface area (Å²) in [6, 6.07) is 13.6. The molecule has 1 fully saturated rings. The molecule has 1 atom stereocenters. The van der Waals surface area contributed by atoms with E-state index in [0.29, 0.717) is 23.8 Å². The number of ether oxygens (including phenoxy) is 1. The summed E-state index contributed by atoms with van der Waals surface area (Å²) in [6.45, 7) is 2.13. The fourth-order valence-electron chi connectivity index (χ4n) is 4.69. The Kier molecular flexibility index (Phi) is 6.88.